The van der Waals surface area contributed by atoms with Crippen LogP contribution in [0.3, 0.4) is 0 Å². The number of hydrogen-bond donors (Lipinski definition) is 2. The second kappa shape index (κ2) is 4.60. The molecule has 0 aromatic carbocycles. The predicted octanol–water partition coefficient (Wildman–Crippen LogP) is 2.02. The Labute approximate surface area is 94.5 Å². The molecule has 0 amide bonds. The van der Waals surface area contributed by atoms with Gasteiger partial charge < -0.3 is 10.4 Å². The molecule has 3 atom stereocenters. The number of aryl methyl sites for hydroxylation is 1. The van der Waals surface area contributed by atoms with Crippen LogP contribution >= 0.6 is 11.3 Å². The SMILES string of the molecule is Cc1cnc(C(C)NC2CCCC2O)s1. The summed E-state index contributed by atoms with van der Waals surface area (Å²) in [6.45, 7) is 4.18. The number of hydrogen-bond acceptors (Lipinski definition) is 4. The summed E-state index contributed by atoms with van der Waals surface area (Å²) in [7, 11) is 0. The topological polar surface area (TPSA) is 45.2 Å². The minimum atomic E-state index is -0.173. The molecule has 1 heterocycles. The third-order valence-electron chi connectivity index (χ3n) is 2.95. The molecular weight excluding hydrogens is 208 g/mol. The summed E-state index contributed by atoms with van der Waals surface area (Å²) < 4.78 is 0. The lowest BCUT2D eigenvalue weighted by molar-refractivity contribution is 0.144. The van der Waals surface area contributed by atoms with E-state index in [4.69, 9.17) is 0 Å². The number of aliphatic hydroxyl groups is 1. The minimum absolute atomic E-state index is 0.173. The van der Waals surface area contributed by atoms with Crippen LogP contribution in [-0.2, 0) is 0 Å². The molecule has 84 valence electrons. The molecular formula is C11H18N2OS. The van der Waals surface area contributed by atoms with Gasteiger partial charge in [0.1, 0.15) is 5.01 Å². The highest BCUT2D eigenvalue weighted by Crippen LogP contribution is 2.24. The van der Waals surface area contributed by atoms with Crippen molar-refractivity contribution < 1.29 is 5.11 Å². The third-order valence-corrected chi connectivity index (χ3v) is 4.05. The second-order valence-electron chi connectivity index (χ2n) is 4.30. The Balaban J connectivity index is 1.94. The van der Waals surface area contributed by atoms with Gasteiger partial charge in [0.05, 0.1) is 12.1 Å². The Hall–Kier alpha value is -0.450. The van der Waals surface area contributed by atoms with Crippen molar-refractivity contribution in [1.29, 1.82) is 0 Å². The van der Waals surface area contributed by atoms with Crippen molar-refractivity contribution in [2.75, 3.05) is 0 Å². The van der Waals surface area contributed by atoms with Crippen molar-refractivity contribution in [3.63, 3.8) is 0 Å². The molecule has 0 aliphatic heterocycles. The van der Waals surface area contributed by atoms with Gasteiger partial charge in [0, 0.05) is 17.1 Å². The van der Waals surface area contributed by atoms with Gasteiger partial charge >= 0.3 is 0 Å². The van der Waals surface area contributed by atoms with Crippen molar-refractivity contribution in [2.45, 2.75) is 51.3 Å². The Morgan fingerprint density at radius 1 is 1.60 bits per heavy atom. The van der Waals surface area contributed by atoms with Crippen LogP contribution in [0.4, 0.5) is 0 Å². The highest BCUT2D eigenvalue weighted by Gasteiger charge is 2.26. The Morgan fingerprint density at radius 2 is 2.40 bits per heavy atom. The zero-order chi connectivity index (χ0) is 10.8. The van der Waals surface area contributed by atoms with E-state index in [0.29, 0.717) is 0 Å². The summed E-state index contributed by atoms with van der Waals surface area (Å²) in [6, 6.07) is 0.505. The standard InChI is InChI=1S/C11H18N2OS/c1-7-6-12-11(15-7)8(2)13-9-4-3-5-10(9)14/h6,8-10,13-14H,3-5H2,1-2H3. The van der Waals surface area contributed by atoms with Crippen LogP contribution in [0.15, 0.2) is 6.20 Å². The van der Waals surface area contributed by atoms with Gasteiger partial charge in [-0.05, 0) is 33.1 Å². The van der Waals surface area contributed by atoms with Gasteiger partial charge in [-0.25, -0.2) is 4.98 Å². The van der Waals surface area contributed by atoms with Crippen molar-refractivity contribution in [2.24, 2.45) is 0 Å². The molecule has 0 bridgehead atoms. The Kier molecular flexibility index (Phi) is 3.38. The molecule has 1 aromatic rings. The molecule has 2 N–H and O–H groups in total. The first-order chi connectivity index (χ1) is 7.16. The lowest BCUT2D eigenvalue weighted by Gasteiger charge is -2.20. The van der Waals surface area contributed by atoms with Crippen LogP contribution < -0.4 is 5.32 Å². The maximum absolute atomic E-state index is 9.71. The normalized spacial score (nSPS) is 28.2. The number of nitrogens with zero attached hydrogens (tertiary/aromatic N) is 1. The lowest BCUT2D eigenvalue weighted by Crippen LogP contribution is -2.37. The quantitative estimate of drug-likeness (QED) is 0.829. The summed E-state index contributed by atoms with van der Waals surface area (Å²) in [4.78, 5) is 5.60. The molecule has 15 heavy (non-hydrogen) atoms. The maximum atomic E-state index is 9.71. The minimum Gasteiger partial charge on any atom is -0.392 e. The summed E-state index contributed by atoms with van der Waals surface area (Å²) in [5.41, 5.74) is 0. The zero-order valence-electron chi connectivity index (χ0n) is 9.23. The van der Waals surface area contributed by atoms with E-state index in [1.807, 2.05) is 6.20 Å². The molecule has 1 aliphatic carbocycles. The number of thiazole rings is 1. The summed E-state index contributed by atoms with van der Waals surface area (Å²) >= 11 is 1.73. The third kappa shape index (κ3) is 2.56. The van der Waals surface area contributed by atoms with Gasteiger partial charge in [0.2, 0.25) is 0 Å². The Bertz CT molecular complexity index is 326. The van der Waals surface area contributed by atoms with E-state index in [1.54, 1.807) is 11.3 Å². The molecule has 1 aliphatic rings. The van der Waals surface area contributed by atoms with Crippen LogP contribution in [0.25, 0.3) is 0 Å². The average Bonchev–Trinajstić information content (AvgIpc) is 2.77. The largest absolute Gasteiger partial charge is 0.392 e. The van der Waals surface area contributed by atoms with Gasteiger partial charge in [0.15, 0.2) is 0 Å². The summed E-state index contributed by atoms with van der Waals surface area (Å²) in [6.07, 6.45) is 4.87. The van der Waals surface area contributed by atoms with Crippen LogP contribution in [0.5, 0.6) is 0 Å². The first kappa shape index (κ1) is 11.0. The fraction of sp³-hybridized carbons (Fsp3) is 0.727. The van der Waals surface area contributed by atoms with E-state index in [1.165, 1.54) is 4.88 Å². The van der Waals surface area contributed by atoms with Gasteiger partial charge in [-0.2, -0.15) is 0 Å². The zero-order valence-corrected chi connectivity index (χ0v) is 10.0. The fourth-order valence-electron chi connectivity index (χ4n) is 2.10. The van der Waals surface area contributed by atoms with Crippen molar-refractivity contribution >= 4 is 11.3 Å². The molecule has 3 nitrogen and oxygen atoms in total. The average molecular weight is 226 g/mol. The van der Waals surface area contributed by atoms with Gasteiger partial charge in [-0.1, -0.05) is 0 Å². The van der Waals surface area contributed by atoms with Crippen LogP contribution in [0, 0.1) is 6.92 Å². The van der Waals surface area contributed by atoms with E-state index in [9.17, 15) is 5.11 Å². The maximum Gasteiger partial charge on any atom is 0.109 e. The molecule has 3 unspecified atom stereocenters. The van der Waals surface area contributed by atoms with Gasteiger partial charge in [0.25, 0.3) is 0 Å². The molecule has 0 radical (unpaired) electrons. The van der Waals surface area contributed by atoms with Crippen LogP contribution in [0.1, 0.15) is 42.1 Å². The van der Waals surface area contributed by atoms with E-state index in [2.05, 4.69) is 24.1 Å². The summed E-state index contributed by atoms with van der Waals surface area (Å²) in [5.74, 6) is 0. The Morgan fingerprint density at radius 3 is 2.93 bits per heavy atom. The number of aliphatic hydroxyl groups excluding tert-OH is 1. The van der Waals surface area contributed by atoms with Crippen molar-refractivity contribution in [3.8, 4) is 0 Å². The van der Waals surface area contributed by atoms with Crippen LogP contribution in [-0.4, -0.2) is 22.2 Å². The van der Waals surface area contributed by atoms with E-state index in [0.717, 1.165) is 24.3 Å². The number of aromatic nitrogens is 1. The number of nitrogens with one attached hydrogen (secondary N) is 1. The predicted molar refractivity (Wildman–Crippen MR) is 62.0 cm³/mol. The summed E-state index contributed by atoms with van der Waals surface area (Å²) in [5, 5.41) is 14.3. The van der Waals surface area contributed by atoms with Crippen LogP contribution in [0.2, 0.25) is 0 Å². The first-order valence-electron chi connectivity index (χ1n) is 5.53. The van der Waals surface area contributed by atoms with E-state index in [-0.39, 0.29) is 18.2 Å². The molecule has 1 fully saturated rings. The van der Waals surface area contributed by atoms with Gasteiger partial charge in [-0.3, -0.25) is 0 Å². The van der Waals surface area contributed by atoms with Crippen molar-refractivity contribution in [3.05, 3.63) is 16.1 Å². The fourth-order valence-corrected chi connectivity index (χ4v) is 2.89. The highest BCUT2D eigenvalue weighted by atomic mass is 32.1. The van der Waals surface area contributed by atoms with E-state index < -0.39 is 0 Å². The smallest absolute Gasteiger partial charge is 0.109 e. The molecule has 1 saturated carbocycles. The molecule has 4 heteroatoms. The van der Waals surface area contributed by atoms with Crippen molar-refractivity contribution in [1.82, 2.24) is 10.3 Å². The second-order valence-corrected chi connectivity index (χ2v) is 5.57. The highest BCUT2D eigenvalue weighted by molar-refractivity contribution is 7.11. The number of rotatable bonds is 3. The molecule has 2 rings (SSSR count). The molecule has 1 aromatic heterocycles. The molecule has 0 spiro atoms. The molecule has 0 saturated heterocycles. The van der Waals surface area contributed by atoms with E-state index >= 15 is 0 Å². The first-order valence-corrected chi connectivity index (χ1v) is 6.35. The lowest BCUT2D eigenvalue weighted by atomic mass is 10.2. The van der Waals surface area contributed by atoms with Gasteiger partial charge in [-0.15, -0.1) is 11.3 Å². The monoisotopic (exact) mass is 226 g/mol.